The first-order valence-electron chi connectivity index (χ1n) is 7.87. The molecule has 1 atom stereocenters. The van der Waals surface area contributed by atoms with E-state index >= 15 is 0 Å². The number of carbonyl (C=O) groups is 1. The summed E-state index contributed by atoms with van der Waals surface area (Å²) in [4.78, 5) is 11.4. The molecule has 118 valence electrons. The Bertz CT molecular complexity index is 404. The number of amides is 1. The minimum absolute atomic E-state index is 0.0710. The van der Waals surface area contributed by atoms with Crippen LogP contribution in [-0.4, -0.2) is 31.6 Å². The van der Waals surface area contributed by atoms with E-state index in [1.807, 2.05) is 19.1 Å². The molecule has 0 aliphatic heterocycles. The SMILES string of the molecule is CCCNC(=O)COc1ccc(CC(C)NCCC)cc1. The van der Waals surface area contributed by atoms with Crippen LogP contribution >= 0.6 is 0 Å². The largest absolute Gasteiger partial charge is 0.484 e. The van der Waals surface area contributed by atoms with Crippen molar-refractivity contribution in [3.63, 3.8) is 0 Å². The van der Waals surface area contributed by atoms with Crippen LogP contribution in [0.1, 0.15) is 39.2 Å². The molecule has 4 nitrogen and oxygen atoms in total. The van der Waals surface area contributed by atoms with Crippen LogP contribution in [0.3, 0.4) is 0 Å². The van der Waals surface area contributed by atoms with Crippen LogP contribution in [0.25, 0.3) is 0 Å². The van der Waals surface area contributed by atoms with E-state index in [0.717, 1.165) is 31.6 Å². The molecule has 1 aromatic carbocycles. The second-order valence-electron chi connectivity index (χ2n) is 5.34. The molecule has 0 heterocycles. The molecular formula is C17H28N2O2. The molecule has 0 aromatic heterocycles. The Hall–Kier alpha value is -1.55. The van der Waals surface area contributed by atoms with Crippen molar-refractivity contribution in [2.24, 2.45) is 0 Å². The van der Waals surface area contributed by atoms with Gasteiger partial charge in [-0.2, -0.15) is 0 Å². The van der Waals surface area contributed by atoms with E-state index in [0.29, 0.717) is 12.6 Å². The van der Waals surface area contributed by atoms with E-state index in [-0.39, 0.29) is 12.5 Å². The normalized spacial score (nSPS) is 12.0. The summed E-state index contributed by atoms with van der Waals surface area (Å²) in [6, 6.07) is 8.44. The van der Waals surface area contributed by atoms with E-state index in [4.69, 9.17) is 4.74 Å². The van der Waals surface area contributed by atoms with Crippen LogP contribution < -0.4 is 15.4 Å². The van der Waals surface area contributed by atoms with Crippen molar-refractivity contribution < 1.29 is 9.53 Å². The van der Waals surface area contributed by atoms with Gasteiger partial charge >= 0.3 is 0 Å². The van der Waals surface area contributed by atoms with Gasteiger partial charge in [-0.25, -0.2) is 0 Å². The zero-order valence-electron chi connectivity index (χ0n) is 13.4. The fourth-order valence-corrected chi connectivity index (χ4v) is 2.00. The highest BCUT2D eigenvalue weighted by atomic mass is 16.5. The van der Waals surface area contributed by atoms with Gasteiger partial charge in [0, 0.05) is 12.6 Å². The van der Waals surface area contributed by atoms with Crippen molar-refractivity contribution in [3.05, 3.63) is 29.8 Å². The fraction of sp³-hybridized carbons (Fsp3) is 0.588. The summed E-state index contributed by atoms with van der Waals surface area (Å²) in [6.45, 7) is 8.21. The zero-order valence-corrected chi connectivity index (χ0v) is 13.4. The highest BCUT2D eigenvalue weighted by Gasteiger charge is 2.04. The maximum atomic E-state index is 11.4. The van der Waals surface area contributed by atoms with Crippen LogP contribution in [0.4, 0.5) is 0 Å². The molecule has 1 unspecified atom stereocenters. The maximum absolute atomic E-state index is 11.4. The highest BCUT2D eigenvalue weighted by Crippen LogP contribution is 2.13. The van der Waals surface area contributed by atoms with E-state index in [1.165, 1.54) is 5.56 Å². The Labute approximate surface area is 128 Å². The Morgan fingerprint density at radius 1 is 1.14 bits per heavy atom. The summed E-state index contributed by atoms with van der Waals surface area (Å²) >= 11 is 0. The number of carbonyl (C=O) groups excluding carboxylic acids is 1. The number of benzene rings is 1. The van der Waals surface area contributed by atoms with Crippen molar-refractivity contribution in [1.29, 1.82) is 0 Å². The second-order valence-corrected chi connectivity index (χ2v) is 5.34. The number of hydrogen-bond acceptors (Lipinski definition) is 3. The van der Waals surface area contributed by atoms with Gasteiger partial charge in [-0.3, -0.25) is 4.79 Å². The summed E-state index contributed by atoms with van der Waals surface area (Å²) in [6.07, 6.45) is 3.08. The van der Waals surface area contributed by atoms with Gasteiger partial charge < -0.3 is 15.4 Å². The predicted molar refractivity (Wildman–Crippen MR) is 86.7 cm³/mol. The van der Waals surface area contributed by atoms with Crippen molar-refractivity contribution in [2.45, 2.75) is 46.1 Å². The quantitative estimate of drug-likeness (QED) is 0.697. The van der Waals surface area contributed by atoms with E-state index in [9.17, 15) is 4.79 Å². The fourth-order valence-electron chi connectivity index (χ4n) is 2.00. The number of ether oxygens (including phenoxy) is 1. The Morgan fingerprint density at radius 3 is 2.43 bits per heavy atom. The second kappa shape index (κ2) is 10.2. The molecule has 1 amide bonds. The van der Waals surface area contributed by atoms with Crippen molar-refractivity contribution >= 4 is 5.91 Å². The van der Waals surface area contributed by atoms with Gasteiger partial charge in [0.15, 0.2) is 6.61 Å². The Morgan fingerprint density at radius 2 is 1.81 bits per heavy atom. The molecular weight excluding hydrogens is 264 g/mol. The van der Waals surface area contributed by atoms with Crippen LogP contribution in [0.2, 0.25) is 0 Å². The van der Waals surface area contributed by atoms with E-state index < -0.39 is 0 Å². The van der Waals surface area contributed by atoms with Gasteiger partial charge in [0.1, 0.15) is 5.75 Å². The predicted octanol–water partition coefficient (Wildman–Crippen LogP) is 2.52. The van der Waals surface area contributed by atoms with Crippen molar-refractivity contribution in [2.75, 3.05) is 19.7 Å². The zero-order chi connectivity index (χ0) is 15.5. The minimum atomic E-state index is -0.0710. The molecule has 0 aliphatic rings. The molecule has 0 spiro atoms. The number of hydrogen-bond donors (Lipinski definition) is 2. The van der Waals surface area contributed by atoms with Crippen LogP contribution in [0, 0.1) is 0 Å². The highest BCUT2D eigenvalue weighted by molar-refractivity contribution is 5.77. The van der Waals surface area contributed by atoms with Gasteiger partial charge in [0.05, 0.1) is 0 Å². The lowest BCUT2D eigenvalue weighted by molar-refractivity contribution is -0.123. The summed E-state index contributed by atoms with van der Waals surface area (Å²) in [7, 11) is 0. The number of rotatable bonds is 10. The van der Waals surface area contributed by atoms with Gasteiger partial charge in [0.25, 0.3) is 5.91 Å². The van der Waals surface area contributed by atoms with Crippen LogP contribution in [0.5, 0.6) is 5.75 Å². The van der Waals surface area contributed by atoms with Gasteiger partial charge in [0.2, 0.25) is 0 Å². The third-order valence-electron chi connectivity index (χ3n) is 3.15. The molecule has 0 saturated heterocycles. The molecule has 2 N–H and O–H groups in total. The van der Waals surface area contributed by atoms with E-state index in [1.54, 1.807) is 0 Å². The standard InChI is InChI=1S/C17H28N2O2/c1-4-10-18-14(3)12-15-6-8-16(9-7-15)21-13-17(20)19-11-5-2/h6-9,14,18H,4-5,10-13H2,1-3H3,(H,19,20). The molecule has 0 aliphatic carbocycles. The smallest absolute Gasteiger partial charge is 0.257 e. The monoisotopic (exact) mass is 292 g/mol. The first kappa shape index (κ1) is 17.5. The Kier molecular flexibility index (Phi) is 8.51. The molecule has 4 heteroatoms. The first-order chi connectivity index (χ1) is 10.2. The van der Waals surface area contributed by atoms with Crippen LogP contribution in [0.15, 0.2) is 24.3 Å². The number of nitrogens with one attached hydrogen (secondary N) is 2. The van der Waals surface area contributed by atoms with Gasteiger partial charge in [-0.1, -0.05) is 26.0 Å². The Balaban J connectivity index is 2.34. The maximum Gasteiger partial charge on any atom is 0.257 e. The molecule has 0 fully saturated rings. The lowest BCUT2D eigenvalue weighted by Crippen LogP contribution is -2.29. The first-order valence-corrected chi connectivity index (χ1v) is 7.87. The third kappa shape index (κ3) is 7.71. The van der Waals surface area contributed by atoms with Crippen molar-refractivity contribution in [1.82, 2.24) is 10.6 Å². The van der Waals surface area contributed by atoms with Crippen LogP contribution in [-0.2, 0) is 11.2 Å². The average molecular weight is 292 g/mol. The van der Waals surface area contributed by atoms with Crippen molar-refractivity contribution in [3.8, 4) is 5.75 Å². The molecule has 0 saturated carbocycles. The molecule has 0 bridgehead atoms. The summed E-state index contributed by atoms with van der Waals surface area (Å²) < 4.78 is 5.46. The van der Waals surface area contributed by atoms with Gasteiger partial charge in [-0.05, 0) is 50.4 Å². The molecule has 1 rings (SSSR count). The summed E-state index contributed by atoms with van der Waals surface area (Å²) in [5.74, 6) is 0.665. The molecule has 0 radical (unpaired) electrons. The summed E-state index contributed by atoms with van der Waals surface area (Å²) in [5, 5.41) is 6.26. The van der Waals surface area contributed by atoms with Gasteiger partial charge in [-0.15, -0.1) is 0 Å². The summed E-state index contributed by atoms with van der Waals surface area (Å²) in [5.41, 5.74) is 1.27. The third-order valence-corrected chi connectivity index (χ3v) is 3.15. The van der Waals surface area contributed by atoms with E-state index in [2.05, 4.69) is 36.6 Å². The lowest BCUT2D eigenvalue weighted by Gasteiger charge is -2.13. The molecule has 21 heavy (non-hydrogen) atoms. The average Bonchev–Trinajstić information content (AvgIpc) is 2.50. The molecule has 1 aromatic rings. The lowest BCUT2D eigenvalue weighted by atomic mass is 10.1. The topological polar surface area (TPSA) is 50.4 Å². The minimum Gasteiger partial charge on any atom is -0.484 e.